The summed E-state index contributed by atoms with van der Waals surface area (Å²) in [5, 5.41) is 3.24. The van der Waals surface area contributed by atoms with Gasteiger partial charge in [0.1, 0.15) is 0 Å². The number of carbonyl (C=O) groups excluding carboxylic acids is 1. The Bertz CT molecular complexity index is 400. The Morgan fingerprint density at radius 1 is 1.38 bits per heavy atom. The highest BCUT2D eigenvalue weighted by Crippen LogP contribution is 2.17. The zero-order chi connectivity index (χ0) is 11.5. The van der Waals surface area contributed by atoms with E-state index in [2.05, 4.69) is 21.2 Å². The average Bonchev–Trinajstić information content (AvgIpc) is 2.29. The summed E-state index contributed by atoms with van der Waals surface area (Å²) in [7, 11) is 0. The van der Waals surface area contributed by atoms with Crippen molar-refractivity contribution in [3.63, 3.8) is 0 Å². The maximum atomic E-state index is 12.2. The zero-order valence-electron chi connectivity index (χ0n) is 9.29. The number of rotatable bonds is 1. The van der Waals surface area contributed by atoms with E-state index in [9.17, 15) is 4.79 Å². The molecule has 1 heterocycles. The smallest absolute Gasteiger partial charge is 0.254 e. The second-order valence-electron chi connectivity index (χ2n) is 4.00. The number of hydrogen-bond acceptors (Lipinski definition) is 2. The number of nitrogens with one attached hydrogen (secondary N) is 1. The van der Waals surface area contributed by atoms with Crippen LogP contribution in [0.2, 0.25) is 0 Å². The van der Waals surface area contributed by atoms with Crippen molar-refractivity contribution in [1.29, 1.82) is 0 Å². The summed E-state index contributed by atoms with van der Waals surface area (Å²) in [5.41, 5.74) is 1.84. The van der Waals surface area contributed by atoms with Crippen LogP contribution in [0.4, 0.5) is 0 Å². The van der Waals surface area contributed by atoms with Crippen LogP contribution in [-0.2, 0) is 0 Å². The quantitative estimate of drug-likeness (QED) is 0.852. The highest BCUT2D eigenvalue weighted by molar-refractivity contribution is 9.10. The summed E-state index contributed by atoms with van der Waals surface area (Å²) in [5.74, 6) is 0.145. The fourth-order valence-electron chi connectivity index (χ4n) is 1.91. The third-order valence-corrected chi connectivity index (χ3v) is 3.32. The molecule has 0 radical (unpaired) electrons. The van der Waals surface area contributed by atoms with Crippen LogP contribution < -0.4 is 5.32 Å². The van der Waals surface area contributed by atoms with Gasteiger partial charge in [-0.3, -0.25) is 4.79 Å². The highest BCUT2D eigenvalue weighted by Gasteiger charge is 2.19. The van der Waals surface area contributed by atoms with Crippen molar-refractivity contribution in [3.8, 4) is 0 Å². The lowest BCUT2D eigenvalue weighted by Crippen LogP contribution is -2.46. The second kappa shape index (κ2) is 4.97. The van der Waals surface area contributed by atoms with Crippen LogP contribution in [-0.4, -0.2) is 37.0 Å². The predicted molar refractivity (Wildman–Crippen MR) is 67.7 cm³/mol. The van der Waals surface area contributed by atoms with E-state index in [1.165, 1.54) is 0 Å². The summed E-state index contributed by atoms with van der Waals surface area (Å²) >= 11 is 3.41. The first-order valence-corrected chi connectivity index (χ1v) is 6.24. The number of aryl methyl sites for hydroxylation is 1. The molecule has 1 aliphatic rings. The Kier molecular flexibility index (Phi) is 3.61. The molecule has 0 saturated carbocycles. The van der Waals surface area contributed by atoms with Crippen molar-refractivity contribution in [1.82, 2.24) is 10.2 Å². The van der Waals surface area contributed by atoms with E-state index in [4.69, 9.17) is 0 Å². The first kappa shape index (κ1) is 11.6. The lowest BCUT2D eigenvalue weighted by atomic mass is 10.1. The number of piperazine rings is 1. The molecule has 4 heteroatoms. The molecule has 1 N–H and O–H groups in total. The van der Waals surface area contributed by atoms with Crippen LogP contribution in [0.1, 0.15) is 15.9 Å². The van der Waals surface area contributed by atoms with E-state index >= 15 is 0 Å². The van der Waals surface area contributed by atoms with Crippen LogP contribution in [0.15, 0.2) is 22.7 Å². The van der Waals surface area contributed by atoms with Crippen molar-refractivity contribution in [2.75, 3.05) is 26.2 Å². The van der Waals surface area contributed by atoms with Gasteiger partial charge in [0.15, 0.2) is 0 Å². The van der Waals surface area contributed by atoms with Gasteiger partial charge in [-0.25, -0.2) is 0 Å². The van der Waals surface area contributed by atoms with Gasteiger partial charge in [0.25, 0.3) is 5.91 Å². The standard InChI is InChI=1S/C12H15BrN2O/c1-9-8-10(13)2-3-11(9)12(16)15-6-4-14-5-7-15/h2-3,8,14H,4-7H2,1H3. The Hall–Kier alpha value is -0.870. The fraction of sp³-hybridized carbons (Fsp3) is 0.417. The molecule has 1 saturated heterocycles. The van der Waals surface area contributed by atoms with Gasteiger partial charge in [0.2, 0.25) is 0 Å². The van der Waals surface area contributed by atoms with Crippen molar-refractivity contribution >= 4 is 21.8 Å². The third kappa shape index (κ3) is 2.44. The molecule has 1 aliphatic heterocycles. The van der Waals surface area contributed by atoms with Crippen LogP contribution in [0.3, 0.4) is 0 Å². The van der Waals surface area contributed by atoms with E-state index in [1.54, 1.807) is 0 Å². The number of nitrogens with zero attached hydrogens (tertiary/aromatic N) is 1. The van der Waals surface area contributed by atoms with Gasteiger partial charge in [-0.05, 0) is 30.7 Å². The van der Waals surface area contributed by atoms with Gasteiger partial charge in [-0.15, -0.1) is 0 Å². The number of carbonyl (C=O) groups is 1. The minimum atomic E-state index is 0.145. The molecule has 1 aromatic rings. The lowest BCUT2D eigenvalue weighted by molar-refractivity contribution is 0.0735. The Morgan fingerprint density at radius 2 is 2.06 bits per heavy atom. The van der Waals surface area contributed by atoms with E-state index < -0.39 is 0 Å². The molecule has 0 unspecified atom stereocenters. The minimum absolute atomic E-state index is 0.145. The molecule has 0 aromatic heterocycles. The molecule has 1 fully saturated rings. The monoisotopic (exact) mass is 282 g/mol. The van der Waals surface area contributed by atoms with E-state index in [0.29, 0.717) is 0 Å². The molecule has 0 spiro atoms. The van der Waals surface area contributed by atoms with Crippen LogP contribution in [0, 0.1) is 6.92 Å². The summed E-state index contributed by atoms with van der Waals surface area (Å²) in [4.78, 5) is 14.1. The maximum Gasteiger partial charge on any atom is 0.254 e. The van der Waals surface area contributed by atoms with Gasteiger partial charge in [0, 0.05) is 36.2 Å². The molecular formula is C12H15BrN2O. The lowest BCUT2D eigenvalue weighted by Gasteiger charge is -2.28. The van der Waals surface area contributed by atoms with E-state index in [0.717, 1.165) is 41.8 Å². The normalized spacial score (nSPS) is 16.2. The van der Waals surface area contributed by atoms with Crippen LogP contribution >= 0.6 is 15.9 Å². The predicted octanol–water partition coefficient (Wildman–Crippen LogP) is 1.80. The summed E-state index contributed by atoms with van der Waals surface area (Å²) < 4.78 is 1.02. The number of benzene rings is 1. The first-order valence-electron chi connectivity index (χ1n) is 5.44. The second-order valence-corrected chi connectivity index (χ2v) is 4.92. The van der Waals surface area contributed by atoms with Crippen molar-refractivity contribution in [2.45, 2.75) is 6.92 Å². The van der Waals surface area contributed by atoms with Gasteiger partial charge < -0.3 is 10.2 Å². The van der Waals surface area contributed by atoms with Gasteiger partial charge in [-0.2, -0.15) is 0 Å². The summed E-state index contributed by atoms with van der Waals surface area (Å²) in [6.45, 7) is 5.35. The molecule has 0 bridgehead atoms. The van der Waals surface area contributed by atoms with Gasteiger partial charge >= 0.3 is 0 Å². The SMILES string of the molecule is Cc1cc(Br)ccc1C(=O)N1CCNCC1. The summed E-state index contributed by atoms with van der Waals surface area (Å²) in [6.07, 6.45) is 0. The molecule has 1 amide bonds. The first-order chi connectivity index (χ1) is 7.68. The highest BCUT2D eigenvalue weighted by atomic mass is 79.9. The molecule has 0 aliphatic carbocycles. The van der Waals surface area contributed by atoms with Crippen molar-refractivity contribution in [3.05, 3.63) is 33.8 Å². The third-order valence-electron chi connectivity index (χ3n) is 2.82. The Balaban J connectivity index is 2.19. The van der Waals surface area contributed by atoms with Crippen molar-refractivity contribution < 1.29 is 4.79 Å². The molecule has 0 atom stereocenters. The van der Waals surface area contributed by atoms with E-state index in [1.807, 2.05) is 30.0 Å². The number of amides is 1. The minimum Gasteiger partial charge on any atom is -0.336 e. The van der Waals surface area contributed by atoms with E-state index in [-0.39, 0.29) is 5.91 Å². The maximum absolute atomic E-state index is 12.2. The Morgan fingerprint density at radius 3 is 2.69 bits per heavy atom. The Labute approximate surface area is 104 Å². The summed E-state index contributed by atoms with van der Waals surface area (Å²) in [6, 6.07) is 5.79. The average molecular weight is 283 g/mol. The van der Waals surface area contributed by atoms with Crippen LogP contribution in [0.25, 0.3) is 0 Å². The van der Waals surface area contributed by atoms with Crippen molar-refractivity contribution in [2.24, 2.45) is 0 Å². The zero-order valence-corrected chi connectivity index (χ0v) is 10.9. The van der Waals surface area contributed by atoms with Gasteiger partial charge in [-0.1, -0.05) is 15.9 Å². The molecular weight excluding hydrogens is 268 g/mol. The van der Waals surface area contributed by atoms with Gasteiger partial charge in [0.05, 0.1) is 0 Å². The fourth-order valence-corrected chi connectivity index (χ4v) is 2.38. The molecule has 1 aromatic carbocycles. The topological polar surface area (TPSA) is 32.3 Å². The van der Waals surface area contributed by atoms with Crippen LogP contribution in [0.5, 0.6) is 0 Å². The molecule has 16 heavy (non-hydrogen) atoms. The molecule has 3 nitrogen and oxygen atoms in total. The number of hydrogen-bond donors (Lipinski definition) is 1. The molecule has 2 rings (SSSR count). The molecule has 86 valence electrons. The number of halogens is 1. The largest absolute Gasteiger partial charge is 0.336 e.